The van der Waals surface area contributed by atoms with Crippen LogP contribution < -0.4 is 15.1 Å². The zero-order valence-corrected chi connectivity index (χ0v) is 16.2. The number of ether oxygens (including phenoxy) is 2. The van der Waals surface area contributed by atoms with Crippen LogP contribution in [0.3, 0.4) is 0 Å². The van der Waals surface area contributed by atoms with Crippen LogP contribution in [0.4, 0.5) is 0 Å². The normalized spacial score (nSPS) is 10.8. The molecule has 5 heteroatoms. The van der Waals surface area contributed by atoms with Gasteiger partial charge in [-0.05, 0) is 55.3 Å². The summed E-state index contributed by atoms with van der Waals surface area (Å²) in [6, 6.07) is 13.3. The van der Waals surface area contributed by atoms with Crippen LogP contribution in [0.25, 0.3) is 11.0 Å². The van der Waals surface area contributed by atoms with Gasteiger partial charge in [0.15, 0.2) is 0 Å². The van der Waals surface area contributed by atoms with Crippen LogP contribution in [-0.4, -0.2) is 12.6 Å². The van der Waals surface area contributed by atoms with Gasteiger partial charge in [0.25, 0.3) is 0 Å². The number of rotatable bonds is 8. The SMILES string of the molecule is CCCCCCOc1ccc(C(=O)Oc2ccc3c(C)cc(=O)oc3c2)cc1. The second-order valence-electron chi connectivity index (χ2n) is 6.73. The van der Waals surface area contributed by atoms with Crippen LogP contribution >= 0.6 is 0 Å². The standard InChI is InChI=1S/C23H24O5/c1-3-4-5-6-13-26-18-9-7-17(8-10-18)23(25)27-19-11-12-20-16(2)14-22(24)28-21(20)15-19/h7-12,14-15H,3-6,13H2,1-2H3. The van der Waals surface area contributed by atoms with E-state index in [4.69, 9.17) is 13.9 Å². The first-order valence-corrected chi connectivity index (χ1v) is 9.56. The predicted molar refractivity (Wildman–Crippen MR) is 108 cm³/mol. The summed E-state index contributed by atoms with van der Waals surface area (Å²) in [5, 5.41) is 0.805. The monoisotopic (exact) mass is 380 g/mol. The van der Waals surface area contributed by atoms with Crippen molar-refractivity contribution in [1.82, 2.24) is 0 Å². The first kappa shape index (κ1) is 19.7. The molecule has 0 unspecified atom stereocenters. The fourth-order valence-electron chi connectivity index (χ4n) is 2.94. The van der Waals surface area contributed by atoms with Gasteiger partial charge in [-0.1, -0.05) is 26.2 Å². The Bertz CT molecular complexity index is 1000. The number of benzene rings is 2. The molecule has 0 atom stereocenters. The summed E-state index contributed by atoms with van der Waals surface area (Å²) in [4.78, 5) is 23.9. The van der Waals surface area contributed by atoms with E-state index in [-0.39, 0.29) is 0 Å². The number of carbonyl (C=O) groups excluding carboxylic acids is 1. The third-order valence-electron chi connectivity index (χ3n) is 4.49. The quantitative estimate of drug-likeness (QED) is 0.230. The van der Waals surface area contributed by atoms with Gasteiger partial charge in [0.2, 0.25) is 0 Å². The predicted octanol–water partition coefficient (Wildman–Crippen LogP) is 5.28. The molecular weight excluding hydrogens is 356 g/mol. The minimum Gasteiger partial charge on any atom is -0.494 e. The Hall–Kier alpha value is -3.08. The van der Waals surface area contributed by atoms with E-state index < -0.39 is 11.6 Å². The molecule has 2 aromatic carbocycles. The first-order chi connectivity index (χ1) is 13.6. The van der Waals surface area contributed by atoms with Crippen LogP contribution in [0.2, 0.25) is 0 Å². The summed E-state index contributed by atoms with van der Waals surface area (Å²) in [7, 11) is 0. The van der Waals surface area contributed by atoms with E-state index in [1.165, 1.54) is 18.9 Å². The molecule has 28 heavy (non-hydrogen) atoms. The minimum atomic E-state index is -0.483. The minimum absolute atomic E-state index is 0.322. The zero-order valence-electron chi connectivity index (χ0n) is 16.2. The van der Waals surface area contributed by atoms with Crippen LogP contribution in [0, 0.1) is 6.92 Å². The van der Waals surface area contributed by atoms with Crippen molar-refractivity contribution in [3.63, 3.8) is 0 Å². The molecule has 1 aromatic heterocycles. The Morgan fingerprint density at radius 3 is 2.46 bits per heavy atom. The van der Waals surface area contributed by atoms with E-state index >= 15 is 0 Å². The van der Waals surface area contributed by atoms with Gasteiger partial charge in [0.1, 0.15) is 17.1 Å². The summed E-state index contributed by atoms with van der Waals surface area (Å²) in [5.74, 6) is 0.572. The summed E-state index contributed by atoms with van der Waals surface area (Å²) in [6.45, 7) is 4.68. The number of aryl methyl sites for hydroxylation is 1. The van der Waals surface area contributed by atoms with Gasteiger partial charge in [0.05, 0.1) is 12.2 Å². The Kier molecular flexibility index (Phi) is 6.48. The lowest BCUT2D eigenvalue weighted by molar-refractivity contribution is 0.0735. The van der Waals surface area contributed by atoms with Crippen LogP contribution in [0.5, 0.6) is 11.5 Å². The third-order valence-corrected chi connectivity index (χ3v) is 4.49. The second-order valence-corrected chi connectivity index (χ2v) is 6.73. The van der Waals surface area contributed by atoms with Crippen molar-refractivity contribution in [3.05, 3.63) is 70.1 Å². The number of hydrogen-bond donors (Lipinski definition) is 0. The van der Waals surface area contributed by atoms with Gasteiger partial charge in [-0.3, -0.25) is 0 Å². The molecule has 0 bridgehead atoms. The van der Waals surface area contributed by atoms with E-state index in [2.05, 4.69) is 6.92 Å². The van der Waals surface area contributed by atoms with E-state index in [1.54, 1.807) is 42.5 Å². The van der Waals surface area contributed by atoms with Crippen molar-refractivity contribution in [2.75, 3.05) is 6.61 Å². The van der Waals surface area contributed by atoms with E-state index in [0.29, 0.717) is 23.5 Å². The third kappa shape index (κ3) is 5.00. The number of fused-ring (bicyclic) bond motifs is 1. The molecule has 0 aliphatic carbocycles. The average molecular weight is 380 g/mol. The van der Waals surface area contributed by atoms with Crippen LogP contribution in [0.1, 0.15) is 48.5 Å². The summed E-state index contributed by atoms with van der Waals surface area (Å²) in [5.41, 5.74) is 1.19. The van der Waals surface area contributed by atoms with Crippen molar-refractivity contribution in [1.29, 1.82) is 0 Å². The molecular formula is C23H24O5. The molecule has 0 amide bonds. The van der Waals surface area contributed by atoms with E-state index in [0.717, 1.165) is 29.5 Å². The molecule has 0 aliphatic rings. The second kappa shape index (κ2) is 9.22. The smallest absolute Gasteiger partial charge is 0.343 e. The fourth-order valence-corrected chi connectivity index (χ4v) is 2.94. The summed E-state index contributed by atoms with van der Waals surface area (Å²) in [6.07, 6.45) is 4.59. The van der Waals surface area contributed by atoms with Crippen molar-refractivity contribution >= 4 is 16.9 Å². The summed E-state index contributed by atoms with van der Waals surface area (Å²) >= 11 is 0. The van der Waals surface area contributed by atoms with Crippen molar-refractivity contribution in [2.45, 2.75) is 39.5 Å². The highest BCUT2D eigenvalue weighted by atomic mass is 16.5. The first-order valence-electron chi connectivity index (χ1n) is 9.56. The number of unbranched alkanes of at least 4 members (excludes halogenated alkanes) is 3. The molecule has 1 heterocycles. The van der Waals surface area contributed by atoms with Gasteiger partial charge in [0, 0.05) is 17.5 Å². The van der Waals surface area contributed by atoms with Crippen molar-refractivity contribution in [2.24, 2.45) is 0 Å². The molecule has 0 fully saturated rings. The Labute approximate surface area is 163 Å². The molecule has 146 valence electrons. The van der Waals surface area contributed by atoms with Crippen molar-refractivity contribution in [3.8, 4) is 11.5 Å². The molecule has 5 nitrogen and oxygen atoms in total. The largest absolute Gasteiger partial charge is 0.494 e. The maximum atomic E-state index is 12.4. The number of esters is 1. The lowest BCUT2D eigenvalue weighted by atomic mass is 10.1. The van der Waals surface area contributed by atoms with Gasteiger partial charge in [-0.15, -0.1) is 0 Å². The highest BCUT2D eigenvalue weighted by Crippen LogP contribution is 2.23. The van der Waals surface area contributed by atoms with Crippen LogP contribution in [-0.2, 0) is 0 Å². The van der Waals surface area contributed by atoms with E-state index in [1.807, 2.05) is 6.92 Å². The zero-order chi connectivity index (χ0) is 19.9. The number of hydrogen-bond acceptors (Lipinski definition) is 5. The molecule has 3 aromatic rings. The van der Waals surface area contributed by atoms with Gasteiger partial charge < -0.3 is 13.9 Å². The van der Waals surface area contributed by atoms with Gasteiger partial charge in [-0.2, -0.15) is 0 Å². The fraction of sp³-hybridized carbons (Fsp3) is 0.304. The Morgan fingerprint density at radius 2 is 1.71 bits per heavy atom. The van der Waals surface area contributed by atoms with Gasteiger partial charge >= 0.3 is 11.6 Å². The molecule has 3 rings (SSSR count). The van der Waals surface area contributed by atoms with E-state index in [9.17, 15) is 9.59 Å². The highest BCUT2D eigenvalue weighted by molar-refractivity contribution is 5.92. The average Bonchev–Trinajstić information content (AvgIpc) is 2.68. The molecule has 0 saturated carbocycles. The molecule has 0 N–H and O–H groups in total. The molecule has 0 saturated heterocycles. The Morgan fingerprint density at radius 1 is 0.964 bits per heavy atom. The Balaban J connectivity index is 1.63. The maximum absolute atomic E-state index is 12.4. The lowest BCUT2D eigenvalue weighted by Crippen LogP contribution is -2.08. The lowest BCUT2D eigenvalue weighted by Gasteiger charge is -2.08. The molecule has 0 spiro atoms. The van der Waals surface area contributed by atoms with Crippen LogP contribution in [0.15, 0.2) is 57.7 Å². The number of carbonyl (C=O) groups is 1. The highest BCUT2D eigenvalue weighted by Gasteiger charge is 2.11. The topological polar surface area (TPSA) is 65.7 Å². The molecule has 0 radical (unpaired) electrons. The summed E-state index contributed by atoms with van der Waals surface area (Å²) < 4.78 is 16.3. The van der Waals surface area contributed by atoms with Crippen molar-refractivity contribution < 1.29 is 18.7 Å². The molecule has 0 aliphatic heterocycles. The maximum Gasteiger partial charge on any atom is 0.343 e. The van der Waals surface area contributed by atoms with Gasteiger partial charge in [-0.25, -0.2) is 9.59 Å².